The van der Waals surface area contributed by atoms with Crippen LogP contribution in [-0.2, 0) is 14.3 Å². The van der Waals surface area contributed by atoms with Crippen molar-refractivity contribution in [3.05, 3.63) is 0 Å². The van der Waals surface area contributed by atoms with Crippen LogP contribution in [0.15, 0.2) is 0 Å². The standard InChI is InChI=1S/C18H33N3O3/c1-2-8-19-17(22)15-6-3-4-7-16(15)18(23)20-9-5-10-21-11-13-24-14-12-21/h15-16H,2-14H2,1H3,(H,19,22)(H,20,23)/t15-,16+/m1/s1. The first-order chi connectivity index (χ1) is 11.7. The molecule has 2 rings (SSSR count). The van der Waals surface area contributed by atoms with Crippen molar-refractivity contribution in [1.29, 1.82) is 0 Å². The summed E-state index contributed by atoms with van der Waals surface area (Å²) in [4.78, 5) is 27.2. The van der Waals surface area contributed by atoms with Gasteiger partial charge in [-0.05, 0) is 32.2 Å². The van der Waals surface area contributed by atoms with Crippen LogP contribution in [-0.4, -0.2) is 62.7 Å². The third kappa shape index (κ3) is 6.06. The van der Waals surface area contributed by atoms with Crippen LogP contribution in [0.1, 0.15) is 45.4 Å². The number of hydrogen-bond acceptors (Lipinski definition) is 4. The number of carbonyl (C=O) groups excluding carboxylic acids is 2. The maximum Gasteiger partial charge on any atom is 0.223 e. The van der Waals surface area contributed by atoms with Gasteiger partial charge in [0.2, 0.25) is 11.8 Å². The maximum atomic E-state index is 12.5. The number of rotatable bonds is 8. The van der Waals surface area contributed by atoms with Gasteiger partial charge in [0.15, 0.2) is 0 Å². The quantitative estimate of drug-likeness (QED) is 0.651. The Morgan fingerprint density at radius 2 is 1.58 bits per heavy atom. The average molecular weight is 339 g/mol. The zero-order valence-electron chi connectivity index (χ0n) is 15.0. The smallest absolute Gasteiger partial charge is 0.223 e. The molecule has 0 spiro atoms. The summed E-state index contributed by atoms with van der Waals surface area (Å²) in [6.45, 7) is 8.01. The van der Waals surface area contributed by atoms with E-state index in [1.165, 1.54) is 0 Å². The van der Waals surface area contributed by atoms with Gasteiger partial charge in [0.05, 0.1) is 13.2 Å². The van der Waals surface area contributed by atoms with Crippen molar-refractivity contribution in [2.45, 2.75) is 45.4 Å². The first kappa shape index (κ1) is 19.2. The van der Waals surface area contributed by atoms with Gasteiger partial charge in [-0.3, -0.25) is 14.5 Å². The molecule has 1 heterocycles. The van der Waals surface area contributed by atoms with Crippen LogP contribution < -0.4 is 10.6 Å². The molecule has 1 aliphatic carbocycles. The molecule has 1 saturated carbocycles. The van der Waals surface area contributed by atoms with Crippen molar-refractivity contribution in [3.8, 4) is 0 Å². The average Bonchev–Trinajstić information content (AvgIpc) is 2.64. The van der Waals surface area contributed by atoms with E-state index in [2.05, 4.69) is 15.5 Å². The van der Waals surface area contributed by atoms with E-state index >= 15 is 0 Å². The predicted octanol–water partition coefficient (Wildman–Crippen LogP) is 1.16. The molecule has 1 aliphatic heterocycles. The van der Waals surface area contributed by atoms with Crippen LogP contribution in [0.2, 0.25) is 0 Å². The van der Waals surface area contributed by atoms with Crippen LogP contribution >= 0.6 is 0 Å². The van der Waals surface area contributed by atoms with Gasteiger partial charge in [0.1, 0.15) is 0 Å². The zero-order chi connectivity index (χ0) is 17.2. The SMILES string of the molecule is CCCNC(=O)[C@@H]1CCCC[C@@H]1C(=O)NCCCN1CCOCC1. The molecule has 2 amide bonds. The second-order valence-electron chi connectivity index (χ2n) is 6.89. The Hall–Kier alpha value is -1.14. The summed E-state index contributed by atoms with van der Waals surface area (Å²) >= 11 is 0. The third-order valence-electron chi connectivity index (χ3n) is 5.04. The minimum Gasteiger partial charge on any atom is -0.379 e. The van der Waals surface area contributed by atoms with Gasteiger partial charge in [-0.1, -0.05) is 19.8 Å². The molecule has 0 bridgehead atoms. The van der Waals surface area contributed by atoms with Gasteiger partial charge in [-0.2, -0.15) is 0 Å². The highest BCUT2D eigenvalue weighted by Crippen LogP contribution is 2.30. The first-order valence-electron chi connectivity index (χ1n) is 9.58. The minimum absolute atomic E-state index is 0.0602. The summed E-state index contributed by atoms with van der Waals surface area (Å²) < 4.78 is 5.34. The molecule has 2 atom stereocenters. The number of ether oxygens (including phenoxy) is 1. The zero-order valence-corrected chi connectivity index (χ0v) is 15.0. The molecule has 0 radical (unpaired) electrons. The summed E-state index contributed by atoms with van der Waals surface area (Å²) in [5.74, 6) is -0.179. The van der Waals surface area contributed by atoms with Crippen molar-refractivity contribution in [2.75, 3.05) is 45.9 Å². The van der Waals surface area contributed by atoms with Crippen LogP contribution in [0, 0.1) is 11.8 Å². The summed E-state index contributed by atoms with van der Waals surface area (Å²) in [6.07, 6.45) is 5.64. The minimum atomic E-state index is -0.154. The number of nitrogens with zero attached hydrogens (tertiary/aromatic N) is 1. The molecule has 2 aliphatic rings. The normalized spacial score (nSPS) is 25.2. The van der Waals surface area contributed by atoms with Gasteiger partial charge >= 0.3 is 0 Å². The van der Waals surface area contributed by atoms with Crippen LogP contribution in [0.25, 0.3) is 0 Å². The van der Waals surface area contributed by atoms with E-state index in [0.29, 0.717) is 13.1 Å². The summed E-state index contributed by atoms with van der Waals surface area (Å²) in [5, 5.41) is 6.02. The van der Waals surface area contributed by atoms with Gasteiger partial charge < -0.3 is 15.4 Å². The summed E-state index contributed by atoms with van der Waals surface area (Å²) in [7, 11) is 0. The van der Waals surface area contributed by atoms with Crippen LogP contribution in [0.5, 0.6) is 0 Å². The third-order valence-corrected chi connectivity index (χ3v) is 5.04. The second-order valence-corrected chi connectivity index (χ2v) is 6.89. The Labute approximate surface area is 145 Å². The summed E-state index contributed by atoms with van der Waals surface area (Å²) in [5.41, 5.74) is 0. The number of nitrogens with one attached hydrogen (secondary N) is 2. The Morgan fingerprint density at radius 3 is 2.17 bits per heavy atom. The lowest BCUT2D eigenvalue weighted by Gasteiger charge is -2.30. The maximum absolute atomic E-state index is 12.5. The lowest BCUT2D eigenvalue weighted by Crippen LogP contribution is -2.44. The lowest BCUT2D eigenvalue weighted by atomic mass is 9.78. The Balaban J connectivity index is 1.71. The van der Waals surface area contributed by atoms with Gasteiger partial charge in [-0.15, -0.1) is 0 Å². The highest BCUT2D eigenvalue weighted by Gasteiger charge is 2.35. The Kier molecular flexibility index (Phi) is 8.53. The van der Waals surface area contributed by atoms with Crippen molar-refractivity contribution < 1.29 is 14.3 Å². The van der Waals surface area contributed by atoms with E-state index in [1.54, 1.807) is 0 Å². The number of carbonyl (C=O) groups is 2. The molecule has 0 unspecified atom stereocenters. The van der Waals surface area contributed by atoms with Gasteiger partial charge in [0.25, 0.3) is 0 Å². The molecule has 0 aromatic rings. The number of morpholine rings is 1. The highest BCUT2D eigenvalue weighted by molar-refractivity contribution is 5.87. The van der Waals surface area contributed by atoms with E-state index in [1.807, 2.05) is 6.92 Å². The van der Waals surface area contributed by atoms with E-state index in [-0.39, 0.29) is 23.7 Å². The monoisotopic (exact) mass is 339 g/mol. The van der Waals surface area contributed by atoms with Crippen molar-refractivity contribution in [3.63, 3.8) is 0 Å². The topological polar surface area (TPSA) is 70.7 Å². The molecule has 0 aromatic heterocycles. The molecule has 6 heteroatoms. The predicted molar refractivity (Wildman–Crippen MR) is 93.6 cm³/mol. The molecular weight excluding hydrogens is 306 g/mol. The van der Waals surface area contributed by atoms with E-state index < -0.39 is 0 Å². The van der Waals surface area contributed by atoms with E-state index in [9.17, 15) is 9.59 Å². The molecule has 2 N–H and O–H groups in total. The number of hydrogen-bond donors (Lipinski definition) is 2. The van der Waals surface area contributed by atoms with Crippen LogP contribution in [0.4, 0.5) is 0 Å². The molecule has 24 heavy (non-hydrogen) atoms. The Morgan fingerprint density at radius 1 is 1.00 bits per heavy atom. The van der Waals surface area contributed by atoms with Crippen molar-refractivity contribution >= 4 is 11.8 Å². The fourth-order valence-electron chi connectivity index (χ4n) is 3.61. The molecule has 2 fully saturated rings. The Bertz CT molecular complexity index is 397. The van der Waals surface area contributed by atoms with E-state index in [4.69, 9.17) is 4.74 Å². The number of amides is 2. The van der Waals surface area contributed by atoms with Crippen LogP contribution in [0.3, 0.4) is 0 Å². The van der Waals surface area contributed by atoms with Gasteiger partial charge in [0, 0.05) is 38.0 Å². The largest absolute Gasteiger partial charge is 0.379 e. The molecule has 6 nitrogen and oxygen atoms in total. The van der Waals surface area contributed by atoms with Gasteiger partial charge in [-0.25, -0.2) is 0 Å². The van der Waals surface area contributed by atoms with Crippen molar-refractivity contribution in [1.82, 2.24) is 15.5 Å². The van der Waals surface area contributed by atoms with Crippen molar-refractivity contribution in [2.24, 2.45) is 11.8 Å². The molecule has 1 saturated heterocycles. The molecule has 0 aromatic carbocycles. The fraction of sp³-hybridized carbons (Fsp3) is 0.889. The fourth-order valence-corrected chi connectivity index (χ4v) is 3.61. The molecule has 138 valence electrons. The molecular formula is C18H33N3O3. The summed E-state index contributed by atoms with van der Waals surface area (Å²) in [6, 6.07) is 0. The first-order valence-corrected chi connectivity index (χ1v) is 9.58. The second kappa shape index (κ2) is 10.7. The lowest BCUT2D eigenvalue weighted by molar-refractivity contribution is -0.136. The van der Waals surface area contributed by atoms with E-state index in [0.717, 1.165) is 71.4 Å². The highest BCUT2D eigenvalue weighted by atomic mass is 16.5.